The van der Waals surface area contributed by atoms with Gasteiger partial charge in [0.2, 0.25) is 0 Å². The van der Waals surface area contributed by atoms with Gasteiger partial charge in [-0.1, -0.05) is 13.8 Å². The second-order valence-electron chi connectivity index (χ2n) is 3.42. The highest BCUT2D eigenvalue weighted by Gasteiger charge is 2.26. The Morgan fingerprint density at radius 3 is 2.00 bits per heavy atom. The fourth-order valence-electron chi connectivity index (χ4n) is 1.34. The van der Waals surface area contributed by atoms with Crippen molar-refractivity contribution in [1.29, 1.82) is 0 Å². The molecule has 0 saturated carbocycles. The summed E-state index contributed by atoms with van der Waals surface area (Å²) in [6.07, 6.45) is 1.59. The van der Waals surface area contributed by atoms with Crippen molar-refractivity contribution in [2.75, 3.05) is 26.7 Å². The summed E-state index contributed by atoms with van der Waals surface area (Å²) < 4.78 is 1.09. The van der Waals surface area contributed by atoms with Gasteiger partial charge in [0.1, 0.15) is 5.78 Å². The van der Waals surface area contributed by atoms with Gasteiger partial charge in [-0.15, -0.1) is 0 Å². The molecule has 1 aliphatic rings. The number of carbonyl (C=O) groups is 1. The molecule has 0 aromatic heterocycles. The minimum absolute atomic E-state index is 0.448. The van der Waals surface area contributed by atoms with Crippen LogP contribution in [0.15, 0.2) is 0 Å². The van der Waals surface area contributed by atoms with Gasteiger partial charge in [-0.05, 0) is 6.92 Å². The highest BCUT2D eigenvalue weighted by atomic mass is 16.1. The van der Waals surface area contributed by atoms with Crippen LogP contribution in [-0.4, -0.2) is 36.9 Å². The number of likely N-dealkylation sites (tertiary alicyclic amines) is 1. The van der Waals surface area contributed by atoms with Gasteiger partial charge in [0.25, 0.3) is 0 Å². The molecule has 0 spiro atoms. The van der Waals surface area contributed by atoms with Crippen LogP contribution in [0.1, 0.15) is 33.6 Å². The van der Waals surface area contributed by atoms with Crippen molar-refractivity contribution in [2.45, 2.75) is 33.6 Å². The van der Waals surface area contributed by atoms with E-state index in [1.54, 1.807) is 0 Å². The third kappa shape index (κ3) is 3.35. The van der Waals surface area contributed by atoms with Crippen molar-refractivity contribution in [3.63, 3.8) is 0 Å². The van der Waals surface area contributed by atoms with E-state index < -0.39 is 0 Å². The molecule has 1 aliphatic heterocycles. The van der Waals surface area contributed by atoms with Crippen molar-refractivity contribution < 1.29 is 9.28 Å². The van der Waals surface area contributed by atoms with E-state index in [2.05, 4.69) is 14.0 Å². The molecule has 0 atom stereocenters. The van der Waals surface area contributed by atoms with E-state index in [0.29, 0.717) is 5.78 Å². The lowest BCUT2D eigenvalue weighted by Gasteiger charge is -2.36. The van der Waals surface area contributed by atoms with Crippen molar-refractivity contribution in [3.05, 3.63) is 0 Å². The van der Waals surface area contributed by atoms with Gasteiger partial charge in [-0.3, -0.25) is 4.79 Å². The minimum atomic E-state index is 0.448. The zero-order valence-electron chi connectivity index (χ0n) is 8.89. The van der Waals surface area contributed by atoms with Crippen LogP contribution < -0.4 is 0 Å². The molecule has 0 bridgehead atoms. The number of piperidine rings is 1. The largest absolute Gasteiger partial charge is 0.326 e. The zero-order chi connectivity index (χ0) is 9.61. The third-order valence-corrected chi connectivity index (χ3v) is 2.62. The fraction of sp³-hybridized carbons (Fsp3) is 0.900. The molecule has 0 unspecified atom stereocenters. The lowest BCUT2D eigenvalue weighted by atomic mass is 10.1. The molecule has 2 heteroatoms. The number of carbonyl (C=O) groups excluding carboxylic acids is 1. The van der Waals surface area contributed by atoms with Gasteiger partial charge >= 0.3 is 0 Å². The van der Waals surface area contributed by atoms with E-state index in [9.17, 15) is 4.79 Å². The van der Waals surface area contributed by atoms with Crippen LogP contribution >= 0.6 is 0 Å². The molecular weight excluding hydrogens is 150 g/mol. The molecule has 1 heterocycles. The average Bonchev–Trinajstić information content (AvgIpc) is 2.14. The van der Waals surface area contributed by atoms with Crippen molar-refractivity contribution >= 4 is 5.78 Å². The summed E-state index contributed by atoms with van der Waals surface area (Å²) in [7, 11) is 2.23. The zero-order valence-corrected chi connectivity index (χ0v) is 8.89. The number of Topliss-reactive ketones (excluding diaryl/α,β-unsaturated/α-hetero) is 1. The second kappa shape index (κ2) is 5.31. The van der Waals surface area contributed by atoms with E-state index in [4.69, 9.17) is 0 Å². The van der Waals surface area contributed by atoms with Crippen molar-refractivity contribution in [1.82, 2.24) is 0 Å². The van der Waals surface area contributed by atoms with Crippen LogP contribution in [0.2, 0.25) is 0 Å². The first-order valence-corrected chi connectivity index (χ1v) is 5.01. The van der Waals surface area contributed by atoms with Gasteiger partial charge < -0.3 is 4.48 Å². The molecule has 2 nitrogen and oxygen atoms in total. The van der Waals surface area contributed by atoms with Crippen LogP contribution in [0.3, 0.4) is 0 Å². The van der Waals surface area contributed by atoms with E-state index in [0.717, 1.165) is 37.0 Å². The average molecular weight is 172 g/mol. The Kier molecular flexibility index (Phi) is 5.14. The first-order chi connectivity index (χ1) is 5.66. The molecule has 0 N–H and O–H groups in total. The standard InChI is InChI=1S/C8H16NO.C2H6/c1-3-9(2)6-4-8(10)5-7-9;1-2/h3-7H2,1-2H3;1-2H3/q+1;. The molecule has 0 aromatic rings. The maximum atomic E-state index is 10.9. The summed E-state index contributed by atoms with van der Waals surface area (Å²) in [6, 6.07) is 0. The topological polar surface area (TPSA) is 17.1 Å². The van der Waals surface area contributed by atoms with Crippen LogP contribution in [-0.2, 0) is 4.79 Å². The van der Waals surface area contributed by atoms with Crippen LogP contribution in [0.4, 0.5) is 0 Å². The van der Waals surface area contributed by atoms with Gasteiger partial charge in [0.15, 0.2) is 0 Å². The molecule has 1 rings (SSSR count). The van der Waals surface area contributed by atoms with E-state index in [-0.39, 0.29) is 0 Å². The molecular formula is C10H22NO+. The molecule has 0 radical (unpaired) electrons. The van der Waals surface area contributed by atoms with Crippen molar-refractivity contribution in [3.8, 4) is 0 Å². The Bertz CT molecular complexity index is 133. The Hall–Kier alpha value is -0.370. The highest BCUT2D eigenvalue weighted by Crippen LogP contribution is 2.12. The number of rotatable bonds is 1. The maximum absolute atomic E-state index is 10.9. The Morgan fingerprint density at radius 1 is 1.25 bits per heavy atom. The summed E-state index contributed by atoms with van der Waals surface area (Å²) in [5.74, 6) is 0.448. The lowest BCUT2D eigenvalue weighted by molar-refractivity contribution is -0.909. The quantitative estimate of drug-likeness (QED) is 0.552. The smallest absolute Gasteiger partial charge is 0.144 e. The van der Waals surface area contributed by atoms with Crippen LogP contribution in [0.25, 0.3) is 0 Å². The van der Waals surface area contributed by atoms with E-state index in [1.165, 1.54) is 0 Å². The normalized spacial score (nSPS) is 21.2. The second-order valence-corrected chi connectivity index (χ2v) is 3.42. The highest BCUT2D eigenvalue weighted by molar-refractivity contribution is 5.78. The predicted molar refractivity (Wildman–Crippen MR) is 52.0 cm³/mol. The molecule has 0 aliphatic carbocycles. The summed E-state index contributed by atoms with van der Waals surface area (Å²) in [6.45, 7) is 9.45. The van der Waals surface area contributed by atoms with Crippen molar-refractivity contribution in [2.24, 2.45) is 0 Å². The summed E-state index contributed by atoms with van der Waals surface area (Å²) >= 11 is 0. The number of nitrogens with zero attached hydrogens (tertiary/aromatic N) is 1. The van der Waals surface area contributed by atoms with E-state index in [1.807, 2.05) is 13.8 Å². The number of ketones is 1. The van der Waals surface area contributed by atoms with Gasteiger partial charge in [-0.25, -0.2) is 0 Å². The Labute approximate surface area is 76.2 Å². The monoisotopic (exact) mass is 172 g/mol. The molecule has 0 amide bonds. The first-order valence-electron chi connectivity index (χ1n) is 5.01. The summed E-state index contributed by atoms with van der Waals surface area (Å²) in [4.78, 5) is 10.9. The SMILES string of the molecule is CC.CC[N+]1(C)CCC(=O)CC1. The predicted octanol–water partition coefficient (Wildman–Crippen LogP) is 1.84. The summed E-state index contributed by atoms with van der Waals surface area (Å²) in [5.41, 5.74) is 0. The lowest BCUT2D eigenvalue weighted by Crippen LogP contribution is -2.49. The third-order valence-electron chi connectivity index (χ3n) is 2.62. The number of quaternary nitrogens is 1. The van der Waals surface area contributed by atoms with E-state index >= 15 is 0 Å². The first kappa shape index (κ1) is 11.6. The molecule has 12 heavy (non-hydrogen) atoms. The minimum Gasteiger partial charge on any atom is -0.326 e. The molecule has 0 aromatic carbocycles. The molecule has 1 fully saturated rings. The fourth-order valence-corrected chi connectivity index (χ4v) is 1.34. The molecule has 72 valence electrons. The van der Waals surface area contributed by atoms with Gasteiger partial charge in [0, 0.05) is 0 Å². The number of hydrogen-bond acceptors (Lipinski definition) is 1. The Morgan fingerprint density at radius 2 is 1.67 bits per heavy atom. The Balaban J connectivity index is 0.000000561. The van der Waals surface area contributed by atoms with Crippen LogP contribution in [0, 0.1) is 0 Å². The maximum Gasteiger partial charge on any atom is 0.144 e. The molecule has 1 saturated heterocycles. The van der Waals surface area contributed by atoms with Gasteiger partial charge in [-0.2, -0.15) is 0 Å². The number of hydrogen-bond donors (Lipinski definition) is 0. The van der Waals surface area contributed by atoms with Gasteiger partial charge in [0.05, 0.1) is 39.5 Å². The van der Waals surface area contributed by atoms with Crippen LogP contribution in [0.5, 0.6) is 0 Å². The summed E-state index contributed by atoms with van der Waals surface area (Å²) in [5, 5.41) is 0.